The van der Waals surface area contributed by atoms with Gasteiger partial charge in [0.05, 0.1) is 30.3 Å². The van der Waals surface area contributed by atoms with Crippen molar-refractivity contribution in [3.05, 3.63) is 89.7 Å². The molecule has 3 saturated heterocycles. The molecule has 3 aliphatic heterocycles. The van der Waals surface area contributed by atoms with Crippen molar-refractivity contribution >= 4 is 5.97 Å². The number of hydrogen-bond acceptors (Lipinski definition) is 3. The fourth-order valence-electron chi connectivity index (χ4n) is 7.48. The number of H-pyrrole nitrogens is 1. The Hall–Kier alpha value is -2.92. The molecule has 1 N–H and O–H groups in total. The third-order valence-corrected chi connectivity index (χ3v) is 9.39. The Balaban J connectivity index is 1.30. The lowest BCUT2D eigenvalue weighted by molar-refractivity contribution is -0.968. The number of carbonyl (C=O) groups is 1. The Kier molecular flexibility index (Phi) is 6.43. The van der Waals surface area contributed by atoms with E-state index >= 15 is 0 Å². The highest BCUT2D eigenvalue weighted by atomic mass is 16.5. The number of aromatic amines is 1. The molecule has 1 saturated carbocycles. The van der Waals surface area contributed by atoms with Crippen LogP contribution in [0.15, 0.2) is 73.1 Å². The van der Waals surface area contributed by atoms with Gasteiger partial charge in [0.25, 0.3) is 0 Å². The quantitative estimate of drug-likeness (QED) is 0.267. The van der Waals surface area contributed by atoms with Gasteiger partial charge in [-0.05, 0) is 18.4 Å². The summed E-state index contributed by atoms with van der Waals surface area (Å²) >= 11 is 0. The Morgan fingerprint density at radius 1 is 0.917 bits per heavy atom. The van der Waals surface area contributed by atoms with Gasteiger partial charge in [-0.1, -0.05) is 86.3 Å². The summed E-state index contributed by atoms with van der Waals surface area (Å²) in [6.07, 6.45) is 12.6. The molecule has 3 aromatic rings. The molecule has 5 nitrogen and oxygen atoms in total. The van der Waals surface area contributed by atoms with Gasteiger partial charge in [-0.3, -0.25) is 9.89 Å². The summed E-state index contributed by atoms with van der Waals surface area (Å²) in [5.41, 5.74) is 3.17. The van der Waals surface area contributed by atoms with Crippen LogP contribution in [0.1, 0.15) is 74.1 Å². The van der Waals surface area contributed by atoms with Gasteiger partial charge in [-0.2, -0.15) is 5.10 Å². The minimum Gasteiger partial charge on any atom is -0.455 e. The van der Waals surface area contributed by atoms with E-state index in [1.807, 2.05) is 18.5 Å². The van der Waals surface area contributed by atoms with Crippen molar-refractivity contribution in [3.63, 3.8) is 0 Å². The third-order valence-electron chi connectivity index (χ3n) is 9.39. The average molecular weight is 485 g/mol. The summed E-state index contributed by atoms with van der Waals surface area (Å²) in [4.78, 5) is 14.1. The van der Waals surface area contributed by atoms with Crippen LogP contribution < -0.4 is 0 Å². The molecular weight excluding hydrogens is 446 g/mol. The van der Waals surface area contributed by atoms with E-state index in [0.29, 0.717) is 5.92 Å². The number of nitrogens with one attached hydrogen (secondary N) is 1. The molecule has 0 amide bonds. The first-order valence-electron chi connectivity index (χ1n) is 13.9. The van der Waals surface area contributed by atoms with Crippen molar-refractivity contribution in [2.75, 3.05) is 19.6 Å². The molecule has 5 heteroatoms. The normalized spacial score (nSPS) is 28.2. The smallest absolute Gasteiger partial charge is 0.317 e. The van der Waals surface area contributed by atoms with Gasteiger partial charge in [-0.15, -0.1) is 0 Å². The fraction of sp³-hybridized carbons (Fsp3) is 0.484. The van der Waals surface area contributed by atoms with Crippen molar-refractivity contribution in [3.8, 4) is 0 Å². The number of hydrogen-bond donors (Lipinski definition) is 1. The minimum atomic E-state index is -0.502. The summed E-state index contributed by atoms with van der Waals surface area (Å²) in [5, 5.41) is 7.34. The highest BCUT2D eigenvalue weighted by molar-refractivity contribution is 5.83. The molecule has 0 radical (unpaired) electrons. The molecule has 2 aromatic carbocycles. The molecule has 2 atom stereocenters. The van der Waals surface area contributed by atoms with E-state index in [4.69, 9.17) is 4.74 Å². The molecule has 1 aromatic heterocycles. The highest BCUT2D eigenvalue weighted by Crippen LogP contribution is 2.46. The second kappa shape index (κ2) is 9.85. The van der Waals surface area contributed by atoms with E-state index in [1.54, 1.807) is 0 Å². The zero-order chi connectivity index (χ0) is 24.4. The number of ether oxygens (including phenoxy) is 1. The zero-order valence-electron chi connectivity index (χ0n) is 21.1. The van der Waals surface area contributed by atoms with E-state index < -0.39 is 5.41 Å². The minimum absolute atomic E-state index is 0.0204. The summed E-state index contributed by atoms with van der Waals surface area (Å²) in [7, 11) is 0. The number of quaternary nitrogens is 1. The molecule has 0 spiro atoms. The van der Waals surface area contributed by atoms with Gasteiger partial charge in [0.2, 0.25) is 0 Å². The Bertz CT molecular complexity index is 1130. The van der Waals surface area contributed by atoms with Crippen molar-refractivity contribution in [2.24, 2.45) is 5.92 Å². The van der Waals surface area contributed by atoms with Gasteiger partial charge in [0, 0.05) is 30.5 Å². The van der Waals surface area contributed by atoms with E-state index in [1.165, 1.54) is 24.0 Å². The highest BCUT2D eigenvalue weighted by Gasteiger charge is 2.53. The summed E-state index contributed by atoms with van der Waals surface area (Å²) in [6.45, 7) is 3.12. The molecule has 4 heterocycles. The number of esters is 1. The number of fused-ring (bicyclic) bond motifs is 3. The zero-order valence-corrected chi connectivity index (χ0v) is 21.1. The monoisotopic (exact) mass is 484 g/mol. The predicted molar refractivity (Wildman–Crippen MR) is 140 cm³/mol. The lowest BCUT2D eigenvalue weighted by Crippen LogP contribution is -2.66. The van der Waals surface area contributed by atoms with Gasteiger partial charge < -0.3 is 9.22 Å². The first-order valence-corrected chi connectivity index (χ1v) is 13.9. The Morgan fingerprint density at radius 3 is 2.22 bits per heavy atom. The largest absolute Gasteiger partial charge is 0.455 e. The van der Waals surface area contributed by atoms with Crippen LogP contribution in [-0.4, -0.2) is 46.4 Å². The summed E-state index contributed by atoms with van der Waals surface area (Å²) < 4.78 is 7.57. The number of aromatic nitrogens is 2. The molecule has 4 fully saturated rings. The average Bonchev–Trinajstić information content (AvgIpc) is 3.33. The van der Waals surface area contributed by atoms with Crippen LogP contribution in [0.3, 0.4) is 0 Å². The number of benzene rings is 2. The maximum absolute atomic E-state index is 14.1. The first-order chi connectivity index (χ1) is 17.7. The second-order valence-corrected chi connectivity index (χ2v) is 11.3. The Morgan fingerprint density at radius 2 is 1.58 bits per heavy atom. The molecule has 1 aliphatic carbocycles. The summed E-state index contributed by atoms with van der Waals surface area (Å²) in [6, 6.07) is 21.5. The lowest BCUT2D eigenvalue weighted by atomic mass is 9.74. The molecule has 36 heavy (non-hydrogen) atoms. The standard InChI is InChI=1S/C31H38N3O2/c35-30(31(17-9-1-2-10-18-31)27-13-7-4-8-14-27)36-28-23-34(19-15-24(28)16-20-34)29(26-21-32-33-22-26)25-11-5-3-6-12-25/h3-8,11-14,21-22,24,28-29H,1-2,9-10,15-20,23H2,(H,32,33)/q+1. The molecule has 2 bridgehead atoms. The van der Waals surface area contributed by atoms with E-state index in [-0.39, 0.29) is 18.1 Å². The predicted octanol–water partition coefficient (Wildman–Crippen LogP) is 5.94. The maximum Gasteiger partial charge on any atom is 0.317 e. The van der Waals surface area contributed by atoms with Crippen LogP contribution in [0.4, 0.5) is 0 Å². The van der Waals surface area contributed by atoms with Crippen molar-refractivity contribution in [1.29, 1.82) is 0 Å². The molecule has 188 valence electrons. The second-order valence-electron chi connectivity index (χ2n) is 11.3. The third kappa shape index (κ3) is 4.17. The molecule has 4 aliphatic rings. The molecular formula is C31H38N3O2+. The van der Waals surface area contributed by atoms with Gasteiger partial charge in [0.1, 0.15) is 12.6 Å². The van der Waals surface area contributed by atoms with Crippen LogP contribution in [0.2, 0.25) is 0 Å². The Labute approximate surface area is 214 Å². The van der Waals surface area contributed by atoms with E-state index in [2.05, 4.69) is 64.8 Å². The van der Waals surface area contributed by atoms with Gasteiger partial charge in [-0.25, -0.2) is 0 Å². The van der Waals surface area contributed by atoms with E-state index in [0.717, 1.165) is 68.2 Å². The number of piperidine rings is 3. The van der Waals surface area contributed by atoms with Gasteiger partial charge >= 0.3 is 5.97 Å². The van der Waals surface area contributed by atoms with Gasteiger partial charge in [0.15, 0.2) is 6.10 Å². The van der Waals surface area contributed by atoms with Crippen LogP contribution in [0, 0.1) is 5.92 Å². The summed E-state index contributed by atoms with van der Waals surface area (Å²) in [5.74, 6) is 0.486. The number of carbonyl (C=O) groups excluding carboxylic acids is 1. The van der Waals surface area contributed by atoms with Crippen molar-refractivity contribution in [2.45, 2.75) is 68.9 Å². The lowest BCUT2D eigenvalue weighted by Gasteiger charge is -2.55. The van der Waals surface area contributed by atoms with Crippen LogP contribution >= 0.6 is 0 Å². The fourth-order valence-corrected chi connectivity index (χ4v) is 7.48. The number of rotatable bonds is 6. The van der Waals surface area contributed by atoms with Crippen molar-refractivity contribution in [1.82, 2.24) is 10.2 Å². The van der Waals surface area contributed by atoms with E-state index in [9.17, 15) is 4.79 Å². The topological polar surface area (TPSA) is 55.0 Å². The van der Waals surface area contributed by atoms with Crippen molar-refractivity contribution < 1.29 is 14.0 Å². The first kappa shape index (κ1) is 23.5. The maximum atomic E-state index is 14.1. The van der Waals surface area contributed by atoms with Crippen LogP contribution in [0.5, 0.6) is 0 Å². The van der Waals surface area contributed by atoms with Crippen LogP contribution in [0.25, 0.3) is 0 Å². The van der Waals surface area contributed by atoms with Crippen LogP contribution in [-0.2, 0) is 14.9 Å². The molecule has 7 rings (SSSR count). The SMILES string of the molecule is O=C(OC1C[N+]2(C(c3ccccc3)c3cn[nH]c3)CCC1CC2)C1(c2ccccc2)CCCCCC1. The number of nitrogens with zero attached hydrogens (tertiary/aromatic N) is 2. The molecule has 2 unspecified atom stereocenters.